The number of aliphatic carboxylic acids is 1. The third-order valence-electron chi connectivity index (χ3n) is 2.95. The van der Waals surface area contributed by atoms with Gasteiger partial charge >= 0.3 is 5.97 Å². The monoisotopic (exact) mass is 266 g/mol. The molecule has 1 fully saturated rings. The molecule has 1 aromatic heterocycles. The molecule has 7 nitrogen and oxygen atoms in total. The third kappa shape index (κ3) is 3.87. The quantitative estimate of drug-likeness (QED) is 0.744. The van der Waals surface area contributed by atoms with Gasteiger partial charge in [0.2, 0.25) is 5.95 Å². The third-order valence-corrected chi connectivity index (χ3v) is 2.95. The molecule has 0 aliphatic carbocycles. The van der Waals surface area contributed by atoms with E-state index < -0.39 is 5.97 Å². The summed E-state index contributed by atoms with van der Waals surface area (Å²) >= 11 is 0. The number of nitrogens with one attached hydrogen (secondary N) is 1. The molecule has 2 N–H and O–H groups in total. The Morgan fingerprint density at radius 2 is 2.32 bits per heavy atom. The average molecular weight is 266 g/mol. The number of carboxylic acid groups (broad SMARTS) is 1. The molecule has 104 valence electrons. The highest BCUT2D eigenvalue weighted by Crippen LogP contribution is 2.10. The van der Waals surface area contributed by atoms with E-state index in [9.17, 15) is 4.79 Å². The van der Waals surface area contributed by atoms with Crippen LogP contribution in [-0.4, -0.2) is 60.4 Å². The van der Waals surface area contributed by atoms with E-state index >= 15 is 0 Å². The van der Waals surface area contributed by atoms with Crippen molar-refractivity contribution in [2.45, 2.75) is 12.5 Å². The minimum absolute atomic E-state index is 0.0475. The molecule has 1 aromatic rings. The fourth-order valence-corrected chi connectivity index (χ4v) is 2.10. The van der Waals surface area contributed by atoms with Gasteiger partial charge in [0.05, 0.1) is 13.0 Å². The Morgan fingerprint density at radius 1 is 1.58 bits per heavy atom. The zero-order valence-electron chi connectivity index (χ0n) is 10.9. The van der Waals surface area contributed by atoms with Crippen LogP contribution in [0.4, 0.5) is 5.95 Å². The highest BCUT2D eigenvalue weighted by atomic mass is 16.5. The Balaban J connectivity index is 1.99. The molecule has 0 radical (unpaired) electrons. The minimum atomic E-state index is -0.876. The van der Waals surface area contributed by atoms with Crippen molar-refractivity contribution in [2.24, 2.45) is 0 Å². The fourth-order valence-electron chi connectivity index (χ4n) is 2.10. The fraction of sp³-hybridized carbons (Fsp3) is 0.583. The van der Waals surface area contributed by atoms with Crippen LogP contribution in [0.1, 0.15) is 5.56 Å². The average Bonchev–Trinajstić information content (AvgIpc) is 2.40. The van der Waals surface area contributed by atoms with Gasteiger partial charge in [-0.3, -0.25) is 4.79 Å². The van der Waals surface area contributed by atoms with Gasteiger partial charge in [0.15, 0.2) is 0 Å². The van der Waals surface area contributed by atoms with Gasteiger partial charge in [-0.25, -0.2) is 9.97 Å². The highest BCUT2D eigenvalue weighted by molar-refractivity contribution is 5.69. The van der Waals surface area contributed by atoms with E-state index in [2.05, 4.69) is 20.2 Å². The molecular formula is C12H18N4O3. The predicted octanol–water partition coefficient (Wildman–Crippen LogP) is -0.472. The molecule has 1 unspecified atom stereocenters. The van der Waals surface area contributed by atoms with Gasteiger partial charge in [-0.1, -0.05) is 0 Å². The second-order valence-corrected chi connectivity index (χ2v) is 4.51. The van der Waals surface area contributed by atoms with Crippen molar-refractivity contribution in [3.63, 3.8) is 0 Å². The lowest BCUT2D eigenvalue weighted by Gasteiger charge is -2.33. The molecule has 2 rings (SSSR count). The number of carboxylic acids is 1. The van der Waals surface area contributed by atoms with Crippen molar-refractivity contribution in [1.29, 1.82) is 0 Å². The van der Waals surface area contributed by atoms with E-state index in [-0.39, 0.29) is 12.5 Å². The number of ether oxygens (including phenoxy) is 1. The van der Waals surface area contributed by atoms with Crippen LogP contribution in [0.5, 0.6) is 0 Å². The van der Waals surface area contributed by atoms with Crippen molar-refractivity contribution < 1.29 is 14.6 Å². The second-order valence-electron chi connectivity index (χ2n) is 4.51. The van der Waals surface area contributed by atoms with E-state index in [0.29, 0.717) is 18.1 Å². The van der Waals surface area contributed by atoms with Gasteiger partial charge in [0.1, 0.15) is 0 Å². The van der Waals surface area contributed by atoms with Crippen LogP contribution in [0.15, 0.2) is 12.4 Å². The van der Waals surface area contributed by atoms with E-state index in [1.54, 1.807) is 19.5 Å². The summed E-state index contributed by atoms with van der Waals surface area (Å²) in [6.07, 6.45) is 3.10. The normalized spacial score (nSPS) is 19.4. The van der Waals surface area contributed by atoms with E-state index in [1.165, 1.54) is 0 Å². The van der Waals surface area contributed by atoms with Crippen molar-refractivity contribution in [2.75, 3.05) is 38.3 Å². The molecule has 1 saturated heterocycles. The summed E-state index contributed by atoms with van der Waals surface area (Å²) in [5, 5.41) is 12.0. The van der Waals surface area contributed by atoms with Crippen LogP contribution < -0.4 is 10.2 Å². The first kappa shape index (κ1) is 13.7. The highest BCUT2D eigenvalue weighted by Gasteiger charge is 2.20. The number of rotatable bonds is 5. The standard InChI is InChI=1S/C12H18N4O3/c1-19-8-10-7-16(3-2-13-10)12-14-5-9(6-15-12)4-11(17)18/h5-6,10,13H,2-4,7-8H2,1H3,(H,17,18). The Hall–Kier alpha value is -1.73. The molecule has 1 aliphatic heterocycles. The molecule has 19 heavy (non-hydrogen) atoms. The summed E-state index contributed by atoms with van der Waals surface area (Å²) in [5.74, 6) is -0.240. The van der Waals surface area contributed by atoms with E-state index in [1.807, 2.05) is 0 Å². The first-order valence-electron chi connectivity index (χ1n) is 6.19. The number of carbonyl (C=O) groups is 1. The number of methoxy groups -OCH3 is 1. The van der Waals surface area contributed by atoms with E-state index in [0.717, 1.165) is 19.6 Å². The molecule has 7 heteroatoms. The SMILES string of the molecule is COCC1CN(c2ncc(CC(=O)O)cn2)CCN1. The number of nitrogens with zero attached hydrogens (tertiary/aromatic N) is 3. The van der Waals surface area contributed by atoms with Crippen molar-refractivity contribution in [3.8, 4) is 0 Å². The van der Waals surface area contributed by atoms with Crippen molar-refractivity contribution in [1.82, 2.24) is 15.3 Å². The number of piperazine rings is 1. The molecule has 0 bridgehead atoms. The maximum absolute atomic E-state index is 10.6. The largest absolute Gasteiger partial charge is 0.481 e. The summed E-state index contributed by atoms with van der Waals surface area (Å²) in [7, 11) is 1.68. The first-order chi connectivity index (χ1) is 9.19. The van der Waals surface area contributed by atoms with Crippen molar-refractivity contribution in [3.05, 3.63) is 18.0 Å². The lowest BCUT2D eigenvalue weighted by atomic mass is 10.2. The molecular weight excluding hydrogens is 248 g/mol. The van der Waals surface area contributed by atoms with Crippen molar-refractivity contribution >= 4 is 11.9 Å². The summed E-state index contributed by atoms with van der Waals surface area (Å²) in [6.45, 7) is 3.12. The summed E-state index contributed by atoms with van der Waals surface area (Å²) in [5.41, 5.74) is 0.611. The smallest absolute Gasteiger partial charge is 0.307 e. The van der Waals surface area contributed by atoms with Gasteiger partial charge < -0.3 is 20.1 Å². The Morgan fingerprint density at radius 3 is 2.95 bits per heavy atom. The first-order valence-corrected chi connectivity index (χ1v) is 6.19. The molecule has 2 heterocycles. The second kappa shape index (κ2) is 6.44. The van der Waals surface area contributed by atoms with Crippen LogP contribution in [-0.2, 0) is 16.0 Å². The number of hydrogen-bond donors (Lipinski definition) is 2. The van der Waals surface area contributed by atoms with Gasteiger partial charge in [-0.2, -0.15) is 0 Å². The van der Waals surface area contributed by atoms with Crippen LogP contribution in [0.25, 0.3) is 0 Å². The maximum atomic E-state index is 10.6. The lowest BCUT2D eigenvalue weighted by molar-refractivity contribution is -0.136. The van der Waals surface area contributed by atoms with Gasteiger partial charge in [0, 0.05) is 50.7 Å². The molecule has 1 atom stereocenters. The number of aromatic nitrogens is 2. The van der Waals surface area contributed by atoms with E-state index in [4.69, 9.17) is 9.84 Å². The van der Waals surface area contributed by atoms with Crippen LogP contribution in [0.2, 0.25) is 0 Å². The zero-order valence-corrected chi connectivity index (χ0v) is 10.9. The summed E-state index contributed by atoms with van der Waals surface area (Å²) < 4.78 is 5.13. The minimum Gasteiger partial charge on any atom is -0.481 e. The molecule has 0 spiro atoms. The topological polar surface area (TPSA) is 87.6 Å². The molecule has 0 amide bonds. The van der Waals surface area contributed by atoms with Gasteiger partial charge in [-0.05, 0) is 0 Å². The van der Waals surface area contributed by atoms with Crippen LogP contribution >= 0.6 is 0 Å². The number of anilines is 1. The molecule has 0 saturated carbocycles. The number of hydrogen-bond acceptors (Lipinski definition) is 6. The van der Waals surface area contributed by atoms with Gasteiger partial charge in [-0.15, -0.1) is 0 Å². The lowest BCUT2D eigenvalue weighted by Crippen LogP contribution is -2.53. The summed E-state index contributed by atoms with van der Waals surface area (Å²) in [4.78, 5) is 21.1. The zero-order chi connectivity index (χ0) is 13.7. The molecule has 1 aliphatic rings. The Kier molecular flexibility index (Phi) is 4.64. The Labute approximate surface area is 111 Å². The predicted molar refractivity (Wildman–Crippen MR) is 69.3 cm³/mol. The Bertz CT molecular complexity index is 421. The summed E-state index contributed by atoms with van der Waals surface area (Å²) in [6, 6.07) is 0.265. The van der Waals surface area contributed by atoms with Gasteiger partial charge in [0.25, 0.3) is 0 Å². The van der Waals surface area contributed by atoms with Crippen LogP contribution in [0, 0.1) is 0 Å². The van der Waals surface area contributed by atoms with Crippen LogP contribution in [0.3, 0.4) is 0 Å². The maximum Gasteiger partial charge on any atom is 0.307 e. The molecule has 0 aromatic carbocycles.